The second kappa shape index (κ2) is 8.32. The molecule has 0 radical (unpaired) electrons. The standard InChI is InChI=1S/C17H29N3O2/c1-4-11-20(14-7-9-18-10-8-14)17(21)16-12-15(19-22-16)13(5-2)6-3/h12-14,18H,4-11H2,1-3H3. The highest BCUT2D eigenvalue weighted by atomic mass is 16.5. The van der Waals surface area contributed by atoms with E-state index in [-0.39, 0.29) is 5.91 Å². The summed E-state index contributed by atoms with van der Waals surface area (Å²) in [5, 5.41) is 7.48. The molecular formula is C17H29N3O2. The molecule has 0 saturated carbocycles. The Hall–Kier alpha value is -1.36. The highest BCUT2D eigenvalue weighted by Gasteiger charge is 2.28. The molecule has 1 aliphatic rings. The van der Waals surface area contributed by atoms with Gasteiger partial charge in [0.2, 0.25) is 5.76 Å². The summed E-state index contributed by atoms with van der Waals surface area (Å²) in [5.41, 5.74) is 0.912. The number of carbonyl (C=O) groups is 1. The SMILES string of the molecule is CCCN(C(=O)c1cc(C(CC)CC)no1)C1CCNCC1. The highest BCUT2D eigenvalue weighted by Crippen LogP contribution is 2.24. The zero-order valence-electron chi connectivity index (χ0n) is 14.1. The van der Waals surface area contributed by atoms with Crippen LogP contribution in [0.25, 0.3) is 0 Å². The van der Waals surface area contributed by atoms with Gasteiger partial charge in [0.15, 0.2) is 0 Å². The Bertz CT molecular complexity index is 462. The van der Waals surface area contributed by atoms with Crippen LogP contribution in [0.4, 0.5) is 0 Å². The number of aromatic nitrogens is 1. The van der Waals surface area contributed by atoms with Crippen LogP contribution in [0, 0.1) is 0 Å². The van der Waals surface area contributed by atoms with Crippen LogP contribution in [0.15, 0.2) is 10.6 Å². The number of hydrogen-bond donors (Lipinski definition) is 1. The molecule has 0 aromatic carbocycles. The van der Waals surface area contributed by atoms with Gasteiger partial charge in [-0.2, -0.15) is 0 Å². The quantitative estimate of drug-likeness (QED) is 0.840. The molecule has 1 aromatic heterocycles. The van der Waals surface area contributed by atoms with Crippen molar-refractivity contribution in [3.8, 4) is 0 Å². The fraction of sp³-hybridized carbons (Fsp3) is 0.765. The molecule has 1 amide bonds. The van der Waals surface area contributed by atoms with E-state index < -0.39 is 0 Å². The zero-order valence-corrected chi connectivity index (χ0v) is 14.1. The lowest BCUT2D eigenvalue weighted by atomic mass is 9.99. The van der Waals surface area contributed by atoms with Crippen molar-refractivity contribution >= 4 is 5.91 Å². The molecule has 1 aromatic rings. The van der Waals surface area contributed by atoms with Crippen molar-refractivity contribution in [1.82, 2.24) is 15.4 Å². The van der Waals surface area contributed by atoms with E-state index in [1.54, 1.807) is 0 Å². The van der Waals surface area contributed by atoms with Crippen LogP contribution in [0.1, 0.15) is 75.0 Å². The minimum atomic E-state index is -0.00143. The Morgan fingerprint density at radius 2 is 2.05 bits per heavy atom. The molecule has 1 aliphatic heterocycles. The van der Waals surface area contributed by atoms with Gasteiger partial charge in [-0.1, -0.05) is 25.9 Å². The predicted molar refractivity (Wildman–Crippen MR) is 87.0 cm³/mol. The minimum Gasteiger partial charge on any atom is -0.351 e. The van der Waals surface area contributed by atoms with Gasteiger partial charge in [-0.15, -0.1) is 0 Å². The summed E-state index contributed by atoms with van der Waals surface area (Å²) in [6.07, 6.45) is 5.02. The molecule has 124 valence electrons. The monoisotopic (exact) mass is 307 g/mol. The van der Waals surface area contributed by atoms with Crippen molar-refractivity contribution in [2.75, 3.05) is 19.6 Å². The van der Waals surface area contributed by atoms with Gasteiger partial charge in [-0.3, -0.25) is 4.79 Å². The van der Waals surface area contributed by atoms with Gasteiger partial charge in [0.25, 0.3) is 5.91 Å². The lowest BCUT2D eigenvalue weighted by Gasteiger charge is -2.33. The molecule has 0 aliphatic carbocycles. The third-order valence-electron chi connectivity index (χ3n) is 4.62. The van der Waals surface area contributed by atoms with Gasteiger partial charge >= 0.3 is 0 Å². The molecule has 2 heterocycles. The number of carbonyl (C=O) groups excluding carboxylic acids is 1. The minimum absolute atomic E-state index is 0.00143. The van der Waals surface area contributed by atoms with Crippen molar-refractivity contribution < 1.29 is 9.32 Å². The lowest BCUT2D eigenvalue weighted by molar-refractivity contribution is 0.0600. The van der Waals surface area contributed by atoms with E-state index in [9.17, 15) is 4.79 Å². The Morgan fingerprint density at radius 1 is 1.36 bits per heavy atom. The van der Waals surface area contributed by atoms with E-state index in [1.165, 1.54) is 0 Å². The molecular weight excluding hydrogens is 278 g/mol. The third kappa shape index (κ3) is 3.88. The Labute approximate surface area is 133 Å². The van der Waals surface area contributed by atoms with Gasteiger partial charge in [0.05, 0.1) is 5.69 Å². The summed E-state index contributed by atoms with van der Waals surface area (Å²) < 4.78 is 5.37. The summed E-state index contributed by atoms with van der Waals surface area (Å²) in [4.78, 5) is 14.8. The van der Waals surface area contributed by atoms with Crippen molar-refractivity contribution in [2.45, 2.75) is 64.8 Å². The third-order valence-corrected chi connectivity index (χ3v) is 4.62. The molecule has 5 heteroatoms. The number of amides is 1. The van der Waals surface area contributed by atoms with Crippen molar-refractivity contribution in [3.05, 3.63) is 17.5 Å². The average molecular weight is 307 g/mol. The van der Waals surface area contributed by atoms with E-state index >= 15 is 0 Å². The Morgan fingerprint density at radius 3 is 2.64 bits per heavy atom. The molecule has 2 rings (SSSR count). The first kappa shape index (κ1) is 17.0. The van der Waals surface area contributed by atoms with Crippen LogP contribution in [-0.2, 0) is 0 Å². The van der Waals surface area contributed by atoms with Gasteiger partial charge < -0.3 is 14.7 Å². The fourth-order valence-corrected chi connectivity index (χ4v) is 3.24. The van der Waals surface area contributed by atoms with Gasteiger partial charge in [-0.25, -0.2) is 0 Å². The fourth-order valence-electron chi connectivity index (χ4n) is 3.24. The molecule has 0 unspecified atom stereocenters. The maximum Gasteiger partial charge on any atom is 0.292 e. The van der Waals surface area contributed by atoms with E-state index in [0.29, 0.717) is 17.7 Å². The Kier molecular flexibility index (Phi) is 6.43. The second-order valence-corrected chi connectivity index (χ2v) is 6.11. The normalized spacial score (nSPS) is 16.2. The smallest absolute Gasteiger partial charge is 0.292 e. The average Bonchev–Trinajstić information content (AvgIpc) is 3.04. The van der Waals surface area contributed by atoms with Crippen molar-refractivity contribution in [3.63, 3.8) is 0 Å². The van der Waals surface area contributed by atoms with Crippen LogP contribution < -0.4 is 5.32 Å². The summed E-state index contributed by atoms with van der Waals surface area (Å²) >= 11 is 0. The maximum atomic E-state index is 12.8. The van der Waals surface area contributed by atoms with Crippen molar-refractivity contribution in [2.24, 2.45) is 0 Å². The van der Waals surface area contributed by atoms with Crippen LogP contribution in [0.3, 0.4) is 0 Å². The number of hydrogen-bond acceptors (Lipinski definition) is 4. The van der Waals surface area contributed by atoms with E-state index in [2.05, 4.69) is 31.2 Å². The first-order valence-electron chi connectivity index (χ1n) is 8.69. The topological polar surface area (TPSA) is 58.4 Å². The molecule has 1 N–H and O–H groups in total. The van der Waals surface area contributed by atoms with Crippen LogP contribution >= 0.6 is 0 Å². The highest BCUT2D eigenvalue weighted by molar-refractivity contribution is 5.91. The number of nitrogens with zero attached hydrogens (tertiary/aromatic N) is 2. The van der Waals surface area contributed by atoms with Crippen LogP contribution in [0.5, 0.6) is 0 Å². The van der Waals surface area contributed by atoms with Crippen molar-refractivity contribution in [1.29, 1.82) is 0 Å². The molecule has 1 fully saturated rings. The summed E-state index contributed by atoms with van der Waals surface area (Å²) in [5.74, 6) is 0.774. The molecule has 0 atom stereocenters. The first-order chi connectivity index (χ1) is 10.7. The summed E-state index contributed by atoms with van der Waals surface area (Å²) in [6.45, 7) is 9.13. The number of rotatable bonds is 7. The van der Waals surface area contributed by atoms with Gasteiger partial charge in [0, 0.05) is 24.6 Å². The molecule has 22 heavy (non-hydrogen) atoms. The molecule has 1 saturated heterocycles. The van der Waals surface area contributed by atoms with Gasteiger partial charge in [0.1, 0.15) is 0 Å². The zero-order chi connectivity index (χ0) is 15.9. The number of piperidine rings is 1. The maximum absolute atomic E-state index is 12.8. The molecule has 0 spiro atoms. The largest absolute Gasteiger partial charge is 0.351 e. The molecule has 5 nitrogen and oxygen atoms in total. The summed E-state index contributed by atoms with van der Waals surface area (Å²) in [7, 11) is 0. The Balaban J connectivity index is 2.12. The first-order valence-corrected chi connectivity index (χ1v) is 8.69. The lowest BCUT2D eigenvalue weighted by Crippen LogP contribution is -2.46. The van der Waals surface area contributed by atoms with E-state index in [1.807, 2.05) is 11.0 Å². The summed E-state index contributed by atoms with van der Waals surface area (Å²) in [6, 6.07) is 2.17. The van der Waals surface area contributed by atoms with E-state index in [0.717, 1.165) is 57.4 Å². The number of nitrogens with one attached hydrogen (secondary N) is 1. The predicted octanol–water partition coefficient (Wildman–Crippen LogP) is 3.18. The van der Waals surface area contributed by atoms with Gasteiger partial charge in [-0.05, 0) is 45.2 Å². The molecule has 0 bridgehead atoms. The van der Waals surface area contributed by atoms with Crippen LogP contribution in [-0.4, -0.2) is 41.6 Å². The second-order valence-electron chi connectivity index (χ2n) is 6.11. The van der Waals surface area contributed by atoms with Crippen LogP contribution in [0.2, 0.25) is 0 Å². The van der Waals surface area contributed by atoms with E-state index in [4.69, 9.17) is 4.52 Å².